The van der Waals surface area contributed by atoms with Gasteiger partial charge in [0.15, 0.2) is 0 Å². The molecule has 0 aliphatic heterocycles. The molecule has 4 heavy (non-hydrogen) atoms. The summed E-state index contributed by atoms with van der Waals surface area (Å²) in [5, 5.41) is 0. The predicted molar refractivity (Wildman–Crippen MR) is 1.80 cm³/mol. The zero-order valence-corrected chi connectivity index (χ0v) is 6.77. The SMILES string of the molecule is [H-].[Na+].[Ni].[O]=[Ti]. The summed E-state index contributed by atoms with van der Waals surface area (Å²) in [7, 11) is 0. The van der Waals surface area contributed by atoms with Crippen molar-refractivity contribution >= 4 is 0 Å². The molecular formula is HNaNiOTi. The molecule has 1 nitrogen and oxygen atoms in total. The Morgan fingerprint density at radius 3 is 1.50 bits per heavy atom. The topological polar surface area (TPSA) is 17.1 Å². The Morgan fingerprint density at radius 2 is 1.50 bits per heavy atom. The normalized spacial score (nSPS) is 0.750. The summed E-state index contributed by atoms with van der Waals surface area (Å²) in [5.74, 6) is 0. The van der Waals surface area contributed by atoms with Gasteiger partial charge in [-0.15, -0.1) is 0 Å². The molecule has 0 saturated heterocycles. The van der Waals surface area contributed by atoms with Crippen LogP contribution in [0.4, 0.5) is 0 Å². The number of rotatable bonds is 0. The quantitative estimate of drug-likeness (QED) is 0.333. The van der Waals surface area contributed by atoms with Crippen LogP contribution >= 0.6 is 0 Å². The van der Waals surface area contributed by atoms with Crippen molar-refractivity contribution in [2.75, 3.05) is 0 Å². The van der Waals surface area contributed by atoms with Crippen molar-refractivity contribution in [2.45, 2.75) is 0 Å². The Bertz CT molecular complexity index is 11.6. The van der Waals surface area contributed by atoms with E-state index in [0.717, 1.165) is 20.4 Å². The van der Waals surface area contributed by atoms with Crippen LogP contribution in [0.2, 0.25) is 0 Å². The zero-order chi connectivity index (χ0) is 2.00. The van der Waals surface area contributed by atoms with E-state index in [2.05, 4.69) is 0 Å². The molecule has 0 aromatic carbocycles. The number of hydrogen-bond donors (Lipinski definition) is 0. The molecule has 4 heteroatoms. The Kier molecular flexibility index (Phi) is 83.1. The molecule has 0 atom stereocenters. The first-order chi connectivity index (χ1) is 1.00. The molecule has 0 aromatic rings. The van der Waals surface area contributed by atoms with Crippen LogP contribution in [0.1, 0.15) is 1.43 Å². The van der Waals surface area contributed by atoms with E-state index in [4.69, 9.17) is 3.32 Å². The van der Waals surface area contributed by atoms with E-state index >= 15 is 0 Å². The minimum absolute atomic E-state index is 0. The summed E-state index contributed by atoms with van der Waals surface area (Å²) < 4.78 is 8.25. The molecule has 0 aromatic heterocycles. The van der Waals surface area contributed by atoms with Gasteiger partial charge in [-0.1, -0.05) is 0 Å². The van der Waals surface area contributed by atoms with Crippen LogP contribution in [0.3, 0.4) is 0 Å². The Balaban J connectivity index is -0.00000000167. The summed E-state index contributed by atoms with van der Waals surface area (Å²) in [5.41, 5.74) is 0. The van der Waals surface area contributed by atoms with Gasteiger partial charge in [-0.2, -0.15) is 0 Å². The molecule has 0 heterocycles. The zero-order valence-electron chi connectivity index (χ0n) is 3.22. The van der Waals surface area contributed by atoms with Crippen LogP contribution in [-0.2, 0) is 40.2 Å². The van der Waals surface area contributed by atoms with E-state index in [9.17, 15) is 0 Å². The molecule has 0 amide bonds. The summed E-state index contributed by atoms with van der Waals surface area (Å²) in [6.07, 6.45) is 0. The summed E-state index contributed by atoms with van der Waals surface area (Å²) in [6, 6.07) is 0. The van der Waals surface area contributed by atoms with Crippen molar-refractivity contribution in [1.82, 2.24) is 0 Å². The van der Waals surface area contributed by atoms with Crippen LogP contribution in [0.25, 0.3) is 0 Å². The van der Waals surface area contributed by atoms with Crippen LogP contribution in [0.5, 0.6) is 0 Å². The van der Waals surface area contributed by atoms with Crippen LogP contribution in [0.15, 0.2) is 0 Å². The second-order valence-electron chi connectivity index (χ2n) is 0. The van der Waals surface area contributed by atoms with E-state index in [0.29, 0.717) is 0 Å². The van der Waals surface area contributed by atoms with Crippen molar-refractivity contribution in [2.24, 2.45) is 0 Å². The Morgan fingerprint density at radius 1 is 1.50 bits per heavy atom. The first-order valence-corrected chi connectivity index (χ1v) is 0.842. The van der Waals surface area contributed by atoms with Gasteiger partial charge in [-0.3, -0.25) is 0 Å². The molecule has 0 radical (unpaired) electrons. The maximum atomic E-state index is 8.25. The third-order valence-corrected chi connectivity index (χ3v) is 0. The second-order valence-corrected chi connectivity index (χ2v) is 0. The number of hydrogen-bond acceptors (Lipinski definition) is 1. The molecular weight excluding hydrogens is 146 g/mol. The molecule has 0 aliphatic rings. The van der Waals surface area contributed by atoms with Gasteiger partial charge < -0.3 is 1.43 Å². The summed E-state index contributed by atoms with van der Waals surface area (Å²) >= 11 is 0.750. The molecule has 0 bridgehead atoms. The van der Waals surface area contributed by atoms with Gasteiger partial charge in [-0.05, 0) is 0 Å². The average molecular weight is 147 g/mol. The first-order valence-electron chi connectivity index (χ1n) is 0.204. The van der Waals surface area contributed by atoms with Crippen LogP contribution in [0, 0.1) is 0 Å². The van der Waals surface area contributed by atoms with Gasteiger partial charge in [0, 0.05) is 16.5 Å². The molecule has 0 fully saturated rings. The molecule has 0 aliphatic carbocycles. The van der Waals surface area contributed by atoms with E-state index < -0.39 is 0 Å². The third-order valence-electron chi connectivity index (χ3n) is 0. The van der Waals surface area contributed by atoms with Gasteiger partial charge >= 0.3 is 53.3 Å². The standard InChI is InChI=1S/Na.Ni.O.Ti.H/q+1;;;;-1. The van der Waals surface area contributed by atoms with Crippen molar-refractivity contribution < 1.29 is 71.2 Å². The fourth-order valence-electron chi connectivity index (χ4n) is 0. The van der Waals surface area contributed by atoms with Gasteiger partial charge in [0.1, 0.15) is 0 Å². The minimum atomic E-state index is 0. The van der Waals surface area contributed by atoms with Crippen molar-refractivity contribution in [3.8, 4) is 0 Å². The second kappa shape index (κ2) is 20.0. The van der Waals surface area contributed by atoms with Crippen LogP contribution < -0.4 is 29.6 Å². The monoisotopic (exact) mass is 146 g/mol. The van der Waals surface area contributed by atoms with E-state index in [1.165, 1.54) is 0 Å². The van der Waals surface area contributed by atoms with Gasteiger partial charge in [0.05, 0.1) is 0 Å². The predicted octanol–water partition coefficient (Wildman–Crippen LogP) is -3.01. The van der Waals surface area contributed by atoms with Gasteiger partial charge in [-0.25, -0.2) is 0 Å². The van der Waals surface area contributed by atoms with E-state index in [1.807, 2.05) is 0 Å². The van der Waals surface area contributed by atoms with E-state index in [1.54, 1.807) is 0 Å². The fourth-order valence-corrected chi connectivity index (χ4v) is 0. The Labute approximate surface area is 70.3 Å². The molecule has 22 valence electrons. The molecule has 0 N–H and O–H groups in total. The van der Waals surface area contributed by atoms with Gasteiger partial charge in [0.2, 0.25) is 0 Å². The fraction of sp³-hybridized carbons (Fsp3) is 0. The van der Waals surface area contributed by atoms with Crippen molar-refractivity contribution in [3.05, 3.63) is 0 Å². The summed E-state index contributed by atoms with van der Waals surface area (Å²) in [6.45, 7) is 0. The molecule has 0 saturated carbocycles. The first kappa shape index (κ1) is 16.7. The summed E-state index contributed by atoms with van der Waals surface area (Å²) in [4.78, 5) is 0. The molecule has 0 unspecified atom stereocenters. The maximum absolute atomic E-state index is 8.25. The van der Waals surface area contributed by atoms with Crippen molar-refractivity contribution in [3.63, 3.8) is 0 Å². The van der Waals surface area contributed by atoms with Crippen LogP contribution in [-0.4, -0.2) is 0 Å². The third kappa shape index (κ3) is 8.99. The molecule has 0 rings (SSSR count). The van der Waals surface area contributed by atoms with Gasteiger partial charge in [0.25, 0.3) is 0 Å². The molecule has 0 spiro atoms. The van der Waals surface area contributed by atoms with E-state index in [-0.39, 0.29) is 47.5 Å². The Hall–Kier alpha value is 2.01. The average Bonchev–Trinajstić information content (AvgIpc) is 1.00. The van der Waals surface area contributed by atoms with Crippen molar-refractivity contribution in [1.29, 1.82) is 0 Å².